The van der Waals surface area contributed by atoms with Crippen LogP contribution in [-0.4, -0.2) is 23.3 Å². The Morgan fingerprint density at radius 1 is 1.32 bits per heavy atom. The van der Waals surface area contributed by atoms with Crippen molar-refractivity contribution in [2.45, 2.75) is 25.3 Å². The van der Waals surface area contributed by atoms with Crippen molar-refractivity contribution in [1.29, 1.82) is 0 Å². The molecule has 2 aromatic rings. The Bertz CT molecular complexity index is 571. The Balaban J connectivity index is 2.34. The number of imidazole rings is 1. The predicted molar refractivity (Wildman–Crippen MR) is 70.3 cm³/mol. The van der Waals surface area contributed by atoms with Crippen molar-refractivity contribution < 1.29 is 13.5 Å². The van der Waals surface area contributed by atoms with Gasteiger partial charge in [-0.05, 0) is 18.9 Å². The molecule has 0 spiro atoms. The first kappa shape index (κ1) is 14.2. The third-order valence-electron chi connectivity index (χ3n) is 2.95. The van der Waals surface area contributed by atoms with E-state index in [9.17, 15) is 8.78 Å². The van der Waals surface area contributed by atoms with Gasteiger partial charge in [0.15, 0.2) is 5.82 Å². The molecule has 0 unspecified atom stereocenters. The average Bonchev–Trinajstić information content (AvgIpc) is 2.73. The van der Waals surface area contributed by atoms with Crippen molar-refractivity contribution in [2.75, 3.05) is 13.7 Å². The number of unbranched alkanes of at least 4 members (excludes halogenated alkanes) is 1. The third kappa shape index (κ3) is 3.04. The molecule has 0 saturated carbocycles. The lowest BCUT2D eigenvalue weighted by Gasteiger charge is -2.07. The molecule has 6 heteroatoms. The van der Waals surface area contributed by atoms with Gasteiger partial charge < -0.3 is 9.30 Å². The lowest BCUT2D eigenvalue weighted by molar-refractivity contribution is 0.191. The van der Waals surface area contributed by atoms with Gasteiger partial charge in [-0.1, -0.05) is 0 Å². The summed E-state index contributed by atoms with van der Waals surface area (Å²) in [7, 11) is 1.64. The van der Waals surface area contributed by atoms with Gasteiger partial charge in [-0.3, -0.25) is 0 Å². The highest BCUT2D eigenvalue weighted by molar-refractivity contribution is 6.16. The third-order valence-corrected chi connectivity index (χ3v) is 3.19. The Kier molecular flexibility index (Phi) is 4.71. The molecule has 104 valence electrons. The van der Waals surface area contributed by atoms with Gasteiger partial charge in [0.1, 0.15) is 17.2 Å². The summed E-state index contributed by atoms with van der Waals surface area (Å²) in [6.45, 7) is 1.27. The lowest BCUT2D eigenvalue weighted by atomic mass is 10.2. The van der Waals surface area contributed by atoms with Gasteiger partial charge in [0.2, 0.25) is 0 Å². The SMILES string of the molecule is COCCCCn1c(CCl)nc2c(F)cc(F)cc21. The molecule has 0 aliphatic rings. The molecule has 0 aliphatic heterocycles. The van der Waals surface area contributed by atoms with Gasteiger partial charge in [-0.25, -0.2) is 13.8 Å². The Morgan fingerprint density at radius 2 is 2.11 bits per heavy atom. The zero-order valence-electron chi connectivity index (χ0n) is 10.6. The predicted octanol–water partition coefficient (Wildman–Crippen LogP) is 3.48. The molecule has 0 atom stereocenters. The second-order valence-electron chi connectivity index (χ2n) is 4.27. The second kappa shape index (κ2) is 6.30. The number of hydrogen-bond acceptors (Lipinski definition) is 2. The highest BCUT2D eigenvalue weighted by Gasteiger charge is 2.14. The number of aryl methyl sites for hydroxylation is 1. The van der Waals surface area contributed by atoms with Crippen LogP contribution in [0.4, 0.5) is 8.78 Å². The average molecular weight is 289 g/mol. The molecule has 0 bridgehead atoms. The highest BCUT2D eigenvalue weighted by Crippen LogP contribution is 2.22. The number of benzene rings is 1. The van der Waals surface area contributed by atoms with E-state index in [2.05, 4.69) is 4.98 Å². The van der Waals surface area contributed by atoms with E-state index < -0.39 is 11.6 Å². The van der Waals surface area contributed by atoms with E-state index in [0.717, 1.165) is 18.9 Å². The number of hydrogen-bond donors (Lipinski definition) is 0. The first-order chi connectivity index (χ1) is 9.17. The molecular weight excluding hydrogens is 274 g/mol. The molecule has 1 aromatic carbocycles. The number of fused-ring (bicyclic) bond motifs is 1. The van der Waals surface area contributed by atoms with Gasteiger partial charge in [-0.15, -0.1) is 11.6 Å². The number of alkyl halides is 1. The molecule has 1 heterocycles. The molecular formula is C13H15ClF2N2O. The number of nitrogens with zero attached hydrogens (tertiary/aromatic N) is 2. The maximum atomic E-state index is 13.6. The van der Waals surface area contributed by atoms with Crippen molar-refractivity contribution in [2.24, 2.45) is 0 Å². The van der Waals surface area contributed by atoms with Crippen LogP contribution in [0.1, 0.15) is 18.7 Å². The lowest BCUT2D eigenvalue weighted by Crippen LogP contribution is -2.04. The van der Waals surface area contributed by atoms with Crippen LogP contribution >= 0.6 is 11.6 Å². The quantitative estimate of drug-likeness (QED) is 0.601. The van der Waals surface area contributed by atoms with Crippen molar-refractivity contribution in [3.05, 3.63) is 29.6 Å². The summed E-state index contributed by atoms with van der Waals surface area (Å²) in [4.78, 5) is 4.13. The Hall–Kier alpha value is -1.20. The van der Waals surface area contributed by atoms with Crippen LogP contribution < -0.4 is 0 Å². The molecule has 0 amide bonds. The summed E-state index contributed by atoms with van der Waals surface area (Å²) in [6.07, 6.45) is 1.71. The maximum absolute atomic E-state index is 13.6. The zero-order chi connectivity index (χ0) is 13.8. The smallest absolute Gasteiger partial charge is 0.153 e. The van der Waals surface area contributed by atoms with Gasteiger partial charge in [-0.2, -0.15) is 0 Å². The van der Waals surface area contributed by atoms with Crippen LogP contribution in [0, 0.1) is 11.6 Å². The fourth-order valence-corrected chi connectivity index (χ4v) is 2.27. The van der Waals surface area contributed by atoms with Crippen LogP contribution in [0.5, 0.6) is 0 Å². The number of ether oxygens (including phenoxy) is 1. The van der Waals surface area contributed by atoms with E-state index in [1.807, 2.05) is 0 Å². The van der Waals surface area contributed by atoms with Gasteiger partial charge in [0, 0.05) is 26.3 Å². The normalized spacial score (nSPS) is 11.4. The summed E-state index contributed by atoms with van der Waals surface area (Å²) in [5.74, 6) is -0.542. The maximum Gasteiger partial charge on any atom is 0.153 e. The number of rotatable bonds is 6. The molecule has 0 fully saturated rings. The summed E-state index contributed by atoms with van der Waals surface area (Å²) >= 11 is 5.81. The standard InChI is InChI=1S/C13H15ClF2N2O/c1-19-5-3-2-4-18-11-7-9(15)6-10(16)13(11)17-12(18)8-14/h6-7H,2-5,8H2,1H3. The second-order valence-corrected chi connectivity index (χ2v) is 4.54. The summed E-state index contributed by atoms with van der Waals surface area (Å²) < 4.78 is 33.7. The minimum absolute atomic E-state index is 0.167. The molecule has 19 heavy (non-hydrogen) atoms. The molecule has 3 nitrogen and oxygen atoms in total. The molecule has 0 radical (unpaired) electrons. The van der Waals surface area contributed by atoms with Crippen molar-refractivity contribution in [3.63, 3.8) is 0 Å². The largest absolute Gasteiger partial charge is 0.385 e. The first-order valence-electron chi connectivity index (χ1n) is 6.06. The van der Waals surface area contributed by atoms with E-state index in [1.165, 1.54) is 6.07 Å². The summed E-state index contributed by atoms with van der Waals surface area (Å²) in [5.41, 5.74) is 0.620. The fraction of sp³-hybridized carbons (Fsp3) is 0.462. The topological polar surface area (TPSA) is 27.1 Å². The fourth-order valence-electron chi connectivity index (χ4n) is 2.07. The van der Waals surface area contributed by atoms with Gasteiger partial charge in [0.05, 0.1) is 11.4 Å². The summed E-state index contributed by atoms with van der Waals surface area (Å²) in [6, 6.07) is 2.13. The number of methoxy groups -OCH3 is 1. The van der Waals surface area contributed by atoms with Gasteiger partial charge in [0.25, 0.3) is 0 Å². The van der Waals surface area contributed by atoms with E-state index in [-0.39, 0.29) is 11.4 Å². The Labute approximate surface area is 115 Å². The highest BCUT2D eigenvalue weighted by atomic mass is 35.5. The molecule has 1 aromatic heterocycles. The molecule has 0 N–H and O–H groups in total. The molecule has 2 rings (SSSR count). The monoisotopic (exact) mass is 288 g/mol. The number of halogens is 3. The zero-order valence-corrected chi connectivity index (χ0v) is 11.4. The van der Waals surface area contributed by atoms with Crippen LogP contribution in [0.3, 0.4) is 0 Å². The first-order valence-corrected chi connectivity index (χ1v) is 6.60. The van der Waals surface area contributed by atoms with Crippen molar-refractivity contribution in [3.8, 4) is 0 Å². The molecule has 0 saturated heterocycles. The van der Waals surface area contributed by atoms with Gasteiger partial charge >= 0.3 is 0 Å². The van der Waals surface area contributed by atoms with Crippen LogP contribution in [-0.2, 0) is 17.2 Å². The van der Waals surface area contributed by atoms with E-state index >= 15 is 0 Å². The van der Waals surface area contributed by atoms with E-state index in [4.69, 9.17) is 16.3 Å². The Morgan fingerprint density at radius 3 is 2.79 bits per heavy atom. The van der Waals surface area contributed by atoms with Crippen LogP contribution in [0.15, 0.2) is 12.1 Å². The minimum Gasteiger partial charge on any atom is -0.385 e. The van der Waals surface area contributed by atoms with E-state index in [0.29, 0.717) is 24.5 Å². The minimum atomic E-state index is -0.656. The summed E-state index contributed by atoms with van der Waals surface area (Å²) in [5, 5.41) is 0. The van der Waals surface area contributed by atoms with Crippen LogP contribution in [0.2, 0.25) is 0 Å². The van der Waals surface area contributed by atoms with Crippen molar-refractivity contribution >= 4 is 22.6 Å². The number of aromatic nitrogens is 2. The van der Waals surface area contributed by atoms with Crippen LogP contribution in [0.25, 0.3) is 11.0 Å². The molecule has 0 aliphatic carbocycles. The van der Waals surface area contributed by atoms with Crippen molar-refractivity contribution in [1.82, 2.24) is 9.55 Å². The van der Waals surface area contributed by atoms with E-state index in [1.54, 1.807) is 11.7 Å².